The molecule has 3 aromatic carbocycles. The van der Waals surface area contributed by atoms with Crippen molar-refractivity contribution in [3.63, 3.8) is 0 Å². The molecule has 1 saturated carbocycles. The average Bonchev–Trinajstić information content (AvgIpc) is 2.93. The molecule has 4 N–H and O–H groups in total. The molecule has 0 aliphatic heterocycles. The molecule has 4 rings (SSSR count). The van der Waals surface area contributed by atoms with Gasteiger partial charge < -0.3 is 5.32 Å². The average molecular weight is 501 g/mol. The Kier molecular flexibility index (Phi) is 8.41. The largest absolute Gasteiger partial charge is 0.326 e. The predicted molar refractivity (Wildman–Crippen MR) is 144 cm³/mol. The standard InChI is InChI=1S/C28H28N4O3S/c33-25(21-9-5-2-6-10-21)29-24-17-15-23(16-18-24)27(35)31-32-28(36)30-26(34)22-13-11-20(12-14-22)19-7-3-1-4-8-19/h1,3-4,7-8,11-18,21H,2,5-6,9-10H2,(H,29,33)(H,31,35)(H2,30,32,34,36). The number of benzene rings is 3. The first-order chi connectivity index (χ1) is 17.5. The zero-order valence-electron chi connectivity index (χ0n) is 19.8. The smallest absolute Gasteiger partial charge is 0.269 e. The van der Waals surface area contributed by atoms with Crippen LogP contribution in [0.15, 0.2) is 78.9 Å². The van der Waals surface area contributed by atoms with E-state index < -0.39 is 5.91 Å². The molecule has 0 radical (unpaired) electrons. The molecule has 0 atom stereocenters. The second kappa shape index (κ2) is 12.1. The summed E-state index contributed by atoms with van der Waals surface area (Å²) in [6, 6.07) is 23.6. The maximum absolute atomic E-state index is 12.5. The summed E-state index contributed by atoms with van der Waals surface area (Å²) in [5.41, 5.74) is 8.53. The summed E-state index contributed by atoms with van der Waals surface area (Å²) in [6.45, 7) is 0. The molecule has 184 valence electrons. The maximum atomic E-state index is 12.5. The number of hydrogen-bond donors (Lipinski definition) is 4. The number of amides is 3. The van der Waals surface area contributed by atoms with Crippen LogP contribution in [0, 0.1) is 5.92 Å². The van der Waals surface area contributed by atoms with E-state index in [2.05, 4.69) is 21.5 Å². The van der Waals surface area contributed by atoms with Gasteiger partial charge in [-0.15, -0.1) is 0 Å². The van der Waals surface area contributed by atoms with Crippen LogP contribution in [0.4, 0.5) is 5.69 Å². The third kappa shape index (κ3) is 6.76. The van der Waals surface area contributed by atoms with Gasteiger partial charge in [0.25, 0.3) is 11.8 Å². The number of anilines is 1. The number of hydrogen-bond acceptors (Lipinski definition) is 4. The number of thiocarbonyl (C=S) groups is 1. The molecule has 8 heteroatoms. The molecule has 0 spiro atoms. The van der Waals surface area contributed by atoms with Crippen molar-refractivity contribution < 1.29 is 14.4 Å². The molecule has 0 heterocycles. The van der Waals surface area contributed by atoms with Crippen molar-refractivity contribution in [1.82, 2.24) is 16.2 Å². The first-order valence-corrected chi connectivity index (χ1v) is 12.4. The fourth-order valence-corrected chi connectivity index (χ4v) is 4.29. The van der Waals surface area contributed by atoms with E-state index in [1.807, 2.05) is 42.5 Å². The van der Waals surface area contributed by atoms with Crippen LogP contribution in [-0.2, 0) is 4.79 Å². The van der Waals surface area contributed by atoms with Crippen molar-refractivity contribution >= 4 is 40.7 Å². The minimum atomic E-state index is -0.427. The highest BCUT2D eigenvalue weighted by atomic mass is 32.1. The zero-order valence-corrected chi connectivity index (χ0v) is 20.6. The van der Waals surface area contributed by atoms with Crippen molar-refractivity contribution in [1.29, 1.82) is 0 Å². The Morgan fingerprint density at radius 2 is 1.25 bits per heavy atom. The third-order valence-electron chi connectivity index (χ3n) is 6.16. The van der Waals surface area contributed by atoms with Crippen LogP contribution in [0.3, 0.4) is 0 Å². The highest BCUT2D eigenvalue weighted by Crippen LogP contribution is 2.25. The molecule has 3 amide bonds. The summed E-state index contributed by atoms with van der Waals surface area (Å²) < 4.78 is 0. The first-order valence-electron chi connectivity index (χ1n) is 12.0. The fraction of sp³-hybridized carbons (Fsp3) is 0.214. The highest BCUT2D eigenvalue weighted by molar-refractivity contribution is 7.80. The predicted octanol–water partition coefficient (Wildman–Crippen LogP) is 4.82. The SMILES string of the molecule is O=C(NNC(=S)NC(=O)c1ccc(-c2ccccc2)cc1)c1ccc(NC(=O)C2CCCCC2)cc1. The van der Waals surface area contributed by atoms with Crippen LogP contribution >= 0.6 is 12.2 Å². The van der Waals surface area contributed by atoms with Gasteiger partial charge in [0, 0.05) is 22.7 Å². The van der Waals surface area contributed by atoms with E-state index in [1.54, 1.807) is 36.4 Å². The van der Waals surface area contributed by atoms with Gasteiger partial charge in [0.15, 0.2) is 5.11 Å². The molecule has 1 aliphatic carbocycles. The van der Waals surface area contributed by atoms with Crippen LogP contribution in [0.25, 0.3) is 11.1 Å². The van der Waals surface area contributed by atoms with E-state index in [1.165, 1.54) is 6.42 Å². The van der Waals surface area contributed by atoms with Crippen molar-refractivity contribution in [3.05, 3.63) is 90.0 Å². The summed E-state index contributed by atoms with van der Waals surface area (Å²) >= 11 is 5.13. The number of nitrogens with one attached hydrogen (secondary N) is 4. The lowest BCUT2D eigenvalue weighted by atomic mass is 9.88. The number of hydrazine groups is 1. The molecule has 0 saturated heterocycles. The fourth-order valence-electron chi connectivity index (χ4n) is 4.15. The van der Waals surface area contributed by atoms with Crippen molar-refractivity contribution in [2.45, 2.75) is 32.1 Å². The van der Waals surface area contributed by atoms with Gasteiger partial charge in [0.1, 0.15) is 0 Å². The normalized spacial score (nSPS) is 13.3. The van der Waals surface area contributed by atoms with Crippen molar-refractivity contribution in [2.75, 3.05) is 5.32 Å². The van der Waals surface area contributed by atoms with Gasteiger partial charge in [0.05, 0.1) is 0 Å². The number of carbonyl (C=O) groups is 3. The molecule has 36 heavy (non-hydrogen) atoms. The summed E-state index contributed by atoms with van der Waals surface area (Å²) in [5.74, 6) is -0.725. The van der Waals surface area contributed by atoms with E-state index in [9.17, 15) is 14.4 Å². The molecule has 1 fully saturated rings. The first kappa shape index (κ1) is 25.1. The Morgan fingerprint density at radius 1 is 0.667 bits per heavy atom. The van der Waals surface area contributed by atoms with Crippen molar-refractivity contribution in [2.24, 2.45) is 5.92 Å². The molecule has 0 aromatic heterocycles. The topological polar surface area (TPSA) is 99.3 Å². The van der Waals surface area contributed by atoms with E-state index in [0.717, 1.165) is 36.8 Å². The lowest BCUT2D eigenvalue weighted by Gasteiger charge is -2.20. The summed E-state index contributed by atoms with van der Waals surface area (Å²) in [4.78, 5) is 37.3. The lowest BCUT2D eigenvalue weighted by molar-refractivity contribution is -0.120. The van der Waals surface area contributed by atoms with Crippen LogP contribution in [0.1, 0.15) is 52.8 Å². The van der Waals surface area contributed by atoms with Gasteiger partial charge >= 0.3 is 0 Å². The Bertz CT molecular complexity index is 1220. The lowest BCUT2D eigenvalue weighted by Crippen LogP contribution is -2.48. The molecule has 3 aromatic rings. The molecule has 7 nitrogen and oxygen atoms in total. The Balaban J connectivity index is 1.23. The van der Waals surface area contributed by atoms with Gasteiger partial charge in [-0.3, -0.25) is 30.6 Å². The molecule has 1 aliphatic rings. The van der Waals surface area contributed by atoms with Crippen molar-refractivity contribution in [3.8, 4) is 11.1 Å². The van der Waals surface area contributed by atoms with Gasteiger partial charge in [-0.2, -0.15) is 0 Å². The van der Waals surface area contributed by atoms with Gasteiger partial charge in [-0.25, -0.2) is 0 Å². The highest BCUT2D eigenvalue weighted by Gasteiger charge is 2.21. The molecular formula is C28H28N4O3S. The Morgan fingerprint density at radius 3 is 1.92 bits per heavy atom. The van der Waals surface area contributed by atoms with E-state index in [-0.39, 0.29) is 22.8 Å². The minimum absolute atomic E-state index is 0.0307. The molecular weight excluding hydrogens is 472 g/mol. The van der Waals surface area contributed by atoms with Crippen LogP contribution in [0.5, 0.6) is 0 Å². The Labute approximate surface area is 215 Å². The second-order valence-corrected chi connectivity index (χ2v) is 9.12. The summed E-state index contributed by atoms with van der Waals surface area (Å²) in [5, 5.41) is 5.44. The minimum Gasteiger partial charge on any atom is -0.326 e. The molecule has 0 bridgehead atoms. The van der Waals surface area contributed by atoms with Crippen LogP contribution in [-0.4, -0.2) is 22.8 Å². The summed E-state index contributed by atoms with van der Waals surface area (Å²) in [7, 11) is 0. The van der Waals surface area contributed by atoms with Gasteiger partial charge in [0.2, 0.25) is 5.91 Å². The van der Waals surface area contributed by atoms with Gasteiger partial charge in [-0.05, 0) is 72.6 Å². The molecule has 0 unspecified atom stereocenters. The van der Waals surface area contributed by atoms with E-state index >= 15 is 0 Å². The van der Waals surface area contributed by atoms with Gasteiger partial charge in [-0.1, -0.05) is 61.7 Å². The van der Waals surface area contributed by atoms with E-state index in [4.69, 9.17) is 12.2 Å². The third-order valence-corrected chi connectivity index (χ3v) is 6.37. The monoisotopic (exact) mass is 500 g/mol. The number of rotatable bonds is 5. The summed E-state index contributed by atoms with van der Waals surface area (Å²) in [6.07, 6.45) is 5.22. The quantitative estimate of drug-likeness (QED) is 0.297. The van der Waals surface area contributed by atoms with Crippen LogP contribution < -0.4 is 21.5 Å². The zero-order chi connectivity index (χ0) is 25.3. The number of carbonyl (C=O) groups excluding carboxylic acids is 3. The second-order valence-electron chi connectivity index (χ2n) is 8.71. The van der Waals surface area contributed by atoms with Crippen LogP contribution in [0.2, 0.25) is 0 Å². The maximum Gasteiger partial charge on any atom is 0.269 e. The van der Waals surface area contributed by atoms with E-state index in [0.29, 0.717) is 16.8 Å². The Hall–Kier alpha value is -4.04.